The Morgan fingerprint density at radius 1 is 1.33 bits per heavy atom. The molecule has 0 bridgehead atoms. The lowest BCUT2D eigenvalue weighted by molar-refractivity contribution is 0.0112. The molecule has 1 unspecified atom stereocenters. The van der Waals surface area contributed by atoms with E-state index in [0.29, 0.717) is 29.0 Å². The van der Waals surface area contributed by atoms with Gasteiger partial charge < -0.3 is 4.74 Å². The van der Waals surface area contributed by atoms with Crippen molar-refractivity contribution in [2.75, 3.05) is 6.61 Å². The number of nitrogens with zero attached hydrogens (tertiary/aromatic N) is 6. The monoisotopic (exact) mass is 368 g/mol. The van der Waals surface area contributed by atoms with Crippen molar-refractivity contribution >= 4 is 16.6 Å². The van der Waals surface area contributed by atoms with Crippen LogP contribution < -0.4 is 5.56 Å². The fourth-order valence-electron chi connectivity index (χ4n) is 3.87. The number of rotatable bonds is 2. The highest BCUT2D eigenvalue weighted by atomic mass is 19.1. The maximum Gasteiger partial charge on any atom is 0.261 e. The van der Waals surface area contributed by atoms with Crippen LogP contribution in [0.2, 0.25) is 0 Å². The van der Waals surface area contributed by atoms with Crippen molar-refractivity contribution in [1.29, 1.82) is 0 Å². The highest BCUT2D eigenvalue weighted by molar-refractivity contribution is 5.82. The smallest absolute Gasteiger partial charge is 0.261 e. The number of aryl methyl sites for hydroxylation is 1. The molecular weight excluding hydrogens is 351 g/mol. The number of benzene rings is 1. The Bertz CT molecular complexity index is 1250. The topological polar surface area (TPSA) is 79.2 Å². The first-order valence-corrected chi connectivity index (χ1v) is 8.70. The molecule has 3 aromatic heterocycles. The van der Waals surface area contributed by atoms with E-state index in [-0.39, 0.29) is 5.56 Å². The predicted octanol–water partition coefficient (Wildman–Crippen LogP) is 1.93. The molecule has 4 aromatic rings. The fraction of sp³-hybridized carbons (Fsp3) is 0.333. The third-order valence-electron chi connectivity index (χ3n) is 5.31. The van der Waals surface area contributed by atoms with Crippen LogP contribution in [0.4, 0.5) is 4.39 Å². The average molecular weight is 368 g/mol. The average Bonchev–Trinajstić information content (AvgIpc) is 3.38. The van der Waals surface area contributed by atoms with E-state index in [1.54, 1.807) is 34.7 Å². The van der Waals surface area contributed by atoms with Gasteiger partial charge in [-0.3, -0.25) is 13.8 Å². The molecule has 1 aliphatic rings. The molecule has 1 aliphatic heterocycles. The van der Waals surface area contributed by atoms with Gasteiger partial charge in [-0.1, -0.05) is 5.21 Å². The standard InChI is InChI=1S/C18H17FN6O2/c1-18(6-3-7-27-18)14-9-21-22-25(14)15-16-23(2)17(26)12-8-11(19)4-5-13(12)24(16)10-20-15/h4-5,8-10H,3,6-7H2,1-2H3. The summed E-state index contributed by atoms with van der Waals surface area (Å²) < 4.78 is 24.4. The summed E-state index contributed by atoms with van der Waals surface area (Å²) in [7, 11) is 1.64. The molecule has 0 N–H and O–H groups in total. The van der Waals surface area contributed by atoms with Crippen molar-refractivity contribution in [2.24, 2.45) is 7.05 Å². The predicted molar refractivity (Wildman–Crippen MR) is 95.4 cm³/mol. The van der Waals surface area contributed by atoms with Gasteiger partial charge in [-0.15, -0.1) is 5.10 Å². The Morgan fingerprint density at radius 2 is 2.19 bits per heavy atom. The van der Waals surface area contributed by atoms with Gasteiger partial charge in [0.1, 0.15) is 17.7 Å². The van der Waals surface area contributed by atoms with Gasteiger partial charge in [0.2, 0.25) is 0 Å². The summed E-state index contributed by atoms with van der Waals surface area (Å²) in [6, 6.07) is 4.15. The first kappa shape index (κ1) is 16.1. The number of hydrogen-bond donors (Lipinski definition) is 0. The zero-order valence-corrected chi connectivity index (χ0v) is 14.9. The van der Waals surface area contributed by atoms with Gasteiger partial charge in [0.15, 0.2) is 11.5 Å². The molecular formula is C18H17FN6O2. The Hall–Kier alpha value is -3.07. The molecule has 4 heterocycles. The van der Waals surface area contributed by atoms with Crippen LogP contribution in [0.1, 0.15) is 25.5 Å². The molecule has 0 amide bonds. The molecule has 5 rings (SSSR count). The maximum atomic E-state index is 13.6. The molecule has 1 fully saturated rings. The number of ether oxygens (including phenoxy) is 1. The van der Waals surface area contributed by atoms with E-state index in [9.17, 15) is 9.18 Å². The van der Waals surface area contributed by atoms with Crippen LogP contribution in [0.25, 0.3) is 22.4 Å². The largest absolute Gasteiger partial charge is 0.369 e. The van der Waals surface area contributed by atoms with E-state index < -0.39 is 11.4 Å². The minimum absolute atomic E-state index is 0.291. The number of fused-ring (bicyclic) bond motifs is 3. The van der Waals surface area contributed by atoms with Gasteiger partial charge >= 0.3 is 0 Å². The van der Waals surface area contributed by atoms with Crippen molar-refractivity contribution in [3.8, 4) is 5.82 Å². The summed E-state index contributed by atoms with van der Waals surface area (Å²) in [5.41, 5.74) is 1.11. The van der Waals surface area contributed by atoms with Crippen LogP contribution in [0, 0.1) is 5.82 Å². The molecule has 8 nitrogen and oxygen atoms in total. The second-order valence-corrected chi connectivity index (χ2v) is 7.00. The van der Waals surface area contributed by atoms with Crippen LogP contribution in [0.3, 0.4) is 0 Å². The normalized spacial score (nSPS) is 20.1. The first-order valence-electron chi connectivity index (χ1n) is 8.70. The van der Waals surface area contributed by atoms with Crippen molar-refractivity contribution < 1.29 is 9.13 Å². The number of imidazole rings is 1. The highest BCUT2D eigenvalue weighted by Gasteiger charge is 2.36. The van der Waals surface area contributed by atoms with Gasteiger partial charge in [0, 0.05) is 13.7 Å². The quantitative estimate of drug-likeness (QED) is 0.540. The van der Waals surface area contributed by atoms with Crippen LogP contribution in [-0.4, -0.2) is 35.6 Å². The van der Waals surface area contributed by atoms with E-state index in [1.165, 1.54) is 16.7 Å². The number of hydrogen-bond acceptors (Lipinski definition) is 5. The maximum absolute atomic E-state index is 13.6. The summed E-state index contributed by atoms with van der Waals surface area (Å²) in [6.45, 7) is 2.69. The van der Waals surface area contributed by atoms with Crippen LogP contribution in [0.5, 0.6) is 0 Å². The Labute approximate surface area is 152 Å². The lowest BCUT2D eigenvalue weighted by Gasteiger charge is -2.22. The van der Waals surface area contributed by atoms with Crippen molar-refractivity contribution in [3.63, 3.8) is 0 Å². The lowest BCUT2D eigenvalue weighted by Crippen LogP contribution is -2.25. The Balaban J connectivity index is 1.83. The molecule has 0 aliphatic carbocycles. The van der Waals surface area contributed by atoms with Gasteiger partial charge in [-0.25, -0.2) is 9.37 Å². The zero-order chi connectivity index (χ0) is 18.8. The SMILES string of the molecule is Cn1c(=O)c2cc(F)ccc2n2cnc(-n3nncc3C3(C)CCCO3)c12. The van der Waals surface area contributed by atoms with Gasteiger partial charge in [-0.05, 0) is 38.0 Å². The summed E-state index contributed by atoms with van der Waals surface area (Å²) >= 11 is 0. The minimum atomic E-state index is -0.502. The van der Waals surface area contributed by atoms with Crippen LogP contribution in [0.15, 0.2) is 35.5 Å². The summed E-state index contributed by atoms with van der Waals surface area (Å²) in [5.74, 6) is 0.0224. The highest BCUT2D eigenvalue weighted by Crippen LogP contribution is 2.36. The van der Waals surface area contributed by atoms with Crippen LogP contribution >= 0.6 is 0 Å². The minimum Gasteiger partial charge on any atom is -0.369 e. The molecule has 0 saturated carbocycles. The fourth-order valence-corrected chi connectivity index (χ4v) is 3.87. The van der Waals surface area contributed by atoms with E-state index >= 15 is 0 Å². The molecule has 1 atom stereocenters. The first-order chi connectivity index (χ1) is 13.0. The van der Waals surface area contributed by atoms with Gasteiger partial charge in [-0.2, -0.15) is 4.68 Å². The molecule has 138 valence electrons. The Morgan fingerprint density at radius 3 is 2.96 bits per heavy atom. The van der Waals surface area contributed by atoms with Crippen molar-refractivity contribution in [1.82, 2.24) is 28.9 Å². The molecule has 0 radical (unpaired) electrons. The summed E-state index contributed by atoms with van der Waals surface area (Å²) in [5, 5.41) is 8.54. The van der Waals surface area contributed by atoms with E-state index in [1.807, 2.05) is 6.92 Å². The summed E-state index contributed by atoms with van der Waals surface area (Å²) in [6.07, 6.45) is 5.09. The summed E-state index contributed by atoms with van der Waals surface area (Å²) in [4.78, 5) is 17.3. The van der Waals surface area contributed by atoms with E-state index in [2.05, 4.69) is 15.3 Å². The molecule has 9 heteroatoms. The lowest BCUT2D eigenvalue weighted by atomic mass is 9.99. The second-order valence-electron chi connectivity index (χ2n) is 7.00. The molecule has 0 spiro atoms. The molecule has 1 aromatic carbocycles. The van der Waals surface area contributed by atoms with Gasteiger partial charge in [0.25, 0.3) is 5.56 Å². The number of halogens is 1. The third kappa shape index (κ3) is 2.18. The van der Waals surface area contributed by atoms with E-state index in [4.69, 9.17) is 4.74 Å². The number of aromatic nitrogens is 6. The van der Waals surface area contributed by atoms with Gasteiger partial charge in [0.05, 0.1) is 22.8 Å². The Kier molecular flexibility index (Phi) is 3.26. The molecule has 1 saturated heterocycles. The van der Waals surface area contributed by atoms with Crippen molar-refractivity contribution in [2.45, 2.75) is 25.4 Å². The molecule has 27 heavy (non-hydrogen) atoms. The zero-order valence-electron chi connectivity index (χ0n) is 14.9. The van der Waals surface area contributed by atoms with E-state index in [0.717, 1.165) is 18.5 Å². The third-order valence-corrected chi connectivity index (χ3v) is 5.31. The second kappa shape index (κ2) is 5.46. The van der Waals surface area contributed by atoms with Crippen LogP contribution in [-0.2, 0) is 17.4 Å². The van der Waals surface area contributed by atoms with Crippen molar-refractivity contribution in [3.05, 3.63) is 52.6 Å².